The van der Waals surface area contributed by atoms with Crippen molar-refractivity contribution in [2.45, 2.75) is 77.6 Å². The predicted octanol–water partition coefficient (Wildman–Crippen LogP) is 6.63. The van der Waals surface area contributed by atoms with Crippen molar-refractivity contribution >= 4 is 0 Å². The van der Waals surface area contributed by atoms with Gasteiger partial charge in [-0.15, -0.1) is 0 Å². The van der Waals surface area contributed by atoms with E-state index < -0.39 is 5.82 Å². The Morgan fingerprint density at radius 3 is 2.32 bits per heavy atom. The standard InChI is InChI=1S/C22H32FNO/c1-2-3-4-5-7-18-9-11-19(12-10-18)8-6-15-25-21-14-13-20(17-24)22(23)16-21/h13-14,16,18-19H,2-12,15H2,1H3/t18-,19-. The molecule has 0 amide bonds. The maximum Gasteiger partial charge on any atom is 0.144 e. The number of nitrogens with zero attached hydrogens (tertiary/aromatic N) is 1. The molecule has 0 unspecified atom stereocenters. The van der Waals surface area contributed by atoms with Crippen LogP contribution in [0.2, 0.25) is 0 Å². The van der Waals surface area contributed by atoms with E-state index in [9.17, 15) is 4.39 Å². The number of rotatable bonds is 10. The number of hydrogen-bond donors (Lipinski definition) is 0. The highest BCUT2D eigenvalue weighted by atomic mass is 19.1. The molecule has 0 atom stereocenters. The first-order valence-electron chi connectivity index (χ1n) is 10.1. The summed E-state index contributed by atoms with van der Waals surface area (Å²) in [6, 6.07) is 6.28. The summed E-state index contributed by atoms with van der Waals surface area (Å²) >= 11 is 0. The van der Waals surface area contributed by atoms with Crippen LogP contribution in [-0.4, -0.2) is 6.61 Å². The normalized spacial score (nSPS) is 20.2. The highest BCUT2D eigenvalue weighted by Crippen LogP contribution is 2.34. The van der Waals surface area contributed by atoms with E-state index in [2.05, 4.69) is 6.92 Å². The van der Waals surface area contributed by atoms with Crippen LogP contribution in [0.5, 0.6) is 5.75 Å². The predicted molar refractivity (Wildman–Crippen MR) is 100 cm³/mol. The van der Waals surface area contributed by atoms with E-state index in [0.29, 0.717) is 12.4 Å². The lowest BCUT2D eigenvalue weighted by Gasteiger charge is -2.28. The minimum Gasteiger partial charge on any atom is -0.493 e. The van der Waals surface area contributed by atoms with Gasteiger partial charge in [-0.1, -0.05) is 64.7 Å². The van der Waals surface area contributed by atoms with Crippen LogP contribution in [0, 0.1) is 29.0 Å². The van der Waals surface area contributed by atoms with Gasteiger partial charge in [0.05, 0.1) is 12.2 Å². The number of ether oxygens (including phenoxy) is 1. The smallest absolute Gasteiger partial charge is 0.144 e. The second kappa shape index (κ2) is 11.1. The highest BCUT2D eigenvalue weighted by Gasteiger charge is 2.20. The van der Waals surface area contributed by atoms with Gasteiger partial charge in [0.2, 0.25) is 0 Å². The van der Waals surface area contributed by atoms with Crippen LogP contribution in [0.4, 0.5) is 4.39 Å². The lowest BCUT2D eigenvalue weighted by Crippen LogP contribution is -2.15. The first-order chi connectivity index (χ1) is 12.2. The topological polar surface area (TPSA) is 33.0 Å². The zero-order valence-electron chi connectivity index (χ0n) is 15.6. The molecule has 0 heterocycles. The fraction of sp³-hybridized carbons (Fsp3) is 0.682. The lowest BCUT2D eigenvalue weighted by atomic mass is 9.78. The second-order valence-electron chi connectivity index (χ2n) is 7.48. The molecule has 0 aliphatic heterocycles. The fourth-order valence-electron chi connectivity index (χ4n) is 3.91. The van der Waals surface area contributed by atoms with Gasteiger partial charge >= 0.3 is 0 Å². The molecule has 0 spiro atoms. The maximum absolute atomic E-state index is 13.5. The molecule has 1 saturated carbocycles. The Morgan fingerprint density at radius 2 is 1.72 bits per heavy atom. The minimum atomic E-state index is -0.503. The first kappa shape index (κ1) is 19.8. The maximum atomic E-state index is 13.5. The van der Waals surface area contributed by atoms with Gasteiger partial charge in [-0.25, -0.2) is 4.39 Å². The molecule has 1 fully saturated rings. The lowest BCUT2D eigenvalue weighted by molar-refractivity contribution is 0.228. The average molecular weight is 346 g/mol. The molecule has 1 aliphatic carbocycles. The van der Waals surface area contributed by atoms with Crippen LogP contribution >= 0.6 is 0 Å². The number of nitriles is 1. The second-order valence-corrected chi connectivity index (χ2v) is 7.48. The Morgan fingerprint density at radius 1 is 1.04 bits per heavy atom. The molecule has 2 rings (SSSR count). The summed E-state index contributed by atoms with van der Waals surface area (Å²) in [5.74, 6) is 1.82. The zero-order valence-corrected chi connectivity index (χ0v) is 15.6. The van der Waals surface area contributed by atoms with Crippen molar-refractivity contribution in [3.63, 3.8) is 0 Å². The van der Waals surface area contributed by atoms with Crippen LogP contribution in [0.1, 0.15) is 83.1 Å². The van der Waals surface area contributed by atoms with Gasteiger partial charge in [-0.3, -0.25) is 0 Å². The Kier molecular flexibility index (Phi) is 8.80. The Balaban J connectivity index is 1.56. The average Bonchev–Trinajstić information content (AvgIpc) is 2.64. The molecule has 1 aromatic rings. The summed E-state index contributed by atoms with van der Waals surface area (Å²) in [5, 5.41) is 8.73. The number of hydrogen-bond acceptors (Lipinski definition) is 2. The Bertz CT molecular complexity index is 543. The molecule has 2 nitrogen and oxygen atoms in total. The van der Waals surface area contributed by atoms with Gasteiger partial charge in [0, 0.05) is 6.07 Å². The summed E-state index contributed by atoms with van der Waals surface area (Å²) in [7, 11) is 0. The van der Waals surface area contributed by atoms with Crippen molar-refractivity contribution in [2.24, 2.45) is 11.8 Å². The van der Waals surface area contributed by atoms with Crippen molar-refractivity contribution in [3.8, 4) is 11.8 Å². The van der Waals surface area contributed by atoms with Gasteiger partial charge in [0.15, 0.2) is 0 Å². The molecule has 3 heteroatoms. The third kappa shape index (κ3) is 7.06. The molecule has 1 aliphatic rings. The van der Waals surface area contributed by atoms with Crippen LogP contribution < -0.4 is 4.74 Å². The monoisotopic (exact) mass is 345 g/mol. The van der Waals surface area contributed by atoms with E-state index in [4.69, 9.17) is 10.00 Å². The van der Waals surface area contributed by atoms with Crippen molar-refractivity contribution in [1.82, 2.24) is 0 Å². The van der Waals surface area contributed by atoms with Crippen molar-refractivity contribution in [2.75, 3.05) is 6.61 Å². The summed E-state index contributed by atoms with van der Waals surface area (Å²) in [6.45, 7) is 2.90. The molecule has 0 N–H and O–H groups in total. The quantitative estimate of drug-likeness (QED) is 0.446. The zero-order chi connectivity index (χ0) is 17.9. The van der Waals surface area contributed by atoms with E-state index in [1.165, 1.54) is 76.3 Å². The molecule has 0 aromatic heterocycles. The van der Waals surface area contributed by atoms with E-state index in [1.54, 1.807) is 6.07 Å². The van der Waals surface area contributed by atoms with E-state index >= 15 is 0 Å². The van der Waals surface area contributed by atoms with Gasteiger partial charge in [-0.05, 0) is 36.8 Å². The SMILES string of the molecule is CCCCCC[C@H]1CC[C@H](CCCOc2ccc(C#N)c(F)c2)CC1. The molecule has 0 radical (unpaired) electrons. The van der Waals surface area contributed by atoms with Crippen LogP contribution in [0.25, 0.3) is 0 Å². The molecule has 138 valence electrons. The van der Waals surface area contributed by atoms with E-state index in [-0.39, 0.29) is 5.56 Å². The number of halogens is 1. The Labute approximate surface area is 152 Å². The first-order valence-corrected chi connectivity index (χ1v) is 10.1. The van der Waals surface area contributed by atoms with Gasteiger partial charge in [0.1, 0.15) is 17.6 Å². The number of benzene rings is 1. The highest BCUT2D eigenvalue weighted by molar-refractivity contribution is 5.36. The molecule has 25 heavy (non-hydrogen) atoms. The van der Waals surface area contributed by atoms with Crippen LogP contribution in [0.3, 0.4) is 0 Å². The summed E-state index contributed by atoms with van der Waals surface area (Å²) in [5.41, 5.74) is 0.0683. The third-order valence-electron chi connectivity index (χ3n) is 5.52. The molecular weight excluding hydrogens is 313 g/mol. The molecular formula is C22H32FNO. The van der Waals surface area contributed by atoms with Gasteiger partial charge in [-0.2, -0.15) is 5.26 Å². The van der Waals surface area contributed by atoms with Crippen molar-refractivity contribution in [3.05, 3.63) is 29.6 Å². The molecule has 1 aromatic carbocycles. The van der Waals surface area contributed by atoms with E-state index in [0.717, 1.165) is 18.3 Å². The molecule has 0 saturated heterocycles. The summed E-state index contributed by atoms with van der Waals surface area (Å²) in [4.78, 5) is 0. The summed E-state index contributed by atoms with van der Waals surface area (Å²) in [6.07, 6.45) is 14.7. The van der Waals surface area contributed by atoms with E-state index in [1.807, 2.05) is 6.07 Å². The van der Waals surface area contributed by atoms with Gasteiger partial charge < -0.3 is 4.74 Å². The van der Waals surface area contributed by atoms with Crippen molar-refractivity contribution < 1.29 is 9.13 Å². The van der Waals surface area contributed by atoms with Crippen LogP contribution in [-0.2, 0) is 0 Å². The Hall–Kier alpha value is -1.56. The van der Waals surface area contributed by atoms with Crippen LogP contribution in [0.15, 0.2) is 18.2 Å². The fourth-order valence-corrected chi connectivity index (χ4v) is 3.91. The van der Waals surface area contributed by atoms with Crippen molar-refractivity contribution in [1.29, 1.82) is 5.26 Å². The number of unbranched alkanes of at least 4 members (excludes halogenated alkanes) is 3. The third-order valence-corrected chi connectivity index (χ3v) is 5.52. The van der Waals surface area contributed by atoms with Gasteiger partial charge in [0.25, 0.3) is 0 Å². The minimum absolute atomic E-state index is 0.0683. The summed E-state index contributed by atoms with van der Waals surface area (Å²) < 4.78 is 19.1. The molecule has 0 bridgehead atoms. The largest absolute Gasteiger partial charge is 0.493 e.